The molecule has 2 heteroatoms. The van der Waals surface area contributed by atoms with Gasteiger partial charge in [-0.05, 0) is 32.1 Å². The molecule has 0 aromatic rings. The van der Waals surface area contributed by atoms with E-state index in [9.17, 15) is 0 Å². The summed E-state index contributed by atoms with van der Waals surface area (Å²) in [7, 11) is 0. The first-order chi connectivity index (χ1) is 5.79. The van der Waals surface area contributed by atoms with E-state index < -0.39 is 0 Å². The van der Waals surface area contributed by atoms with Crippen LogP contribution in [-0.2, 0) is 0 Å². The SMILES string of the molecule is NC(N)CC1=CCCCCCC1. The fourth-order valence-electron chi connectivity index (χ4n) is 1.75. The number of hydrogen-bond donors (Lipinski definition) is 2. The molecule has 0 bridgehead atoms. The van der Waals surface area contributed by atoms with Gasteiger partial charge < -0.3 is 11.5 Å². The van der Waals surface area contributed by atoms with Crippen molar-refractivity contribution < 1.29 is 0 Å². The molecule has 1 rings (SSSR count). The Morgan fingerprint density at radius 2 is 1.92 bits per heavy atom. The van der Waals surface area contributed by atoms with Gasteiger partial charge in [-0.25, -0.2) is 0 Å². The van der Waals surface area contributed by atoms with Crippen LogP contribution in [-0.4, -0.2) is 6.17 Å². The molecule has 0 radical (unpaired) electrons. The molecule has 0 amide bonds. The number of rotatable bonds is 2. The largest absolute Gasteiger partial charge is 0.316 e. The summed E-state index contributed by atoms with van der Waals surface area (Å²) in [6, 6.07) is 0. The van der Waals surface area contributed by atoms with Gasteiger partial charge in [0.05, 0.1) is 6.17 Å². The maximum Gasteiger partial charge on any atom is 0.0559 e. The third-order valence-corrected chi connectivity index (χ3v) is 2.38. The highest BCUT2D eigenvalue weighted by Crippen LogP contribution is 2.19. The van der Waals surface area contributed by atoms with Gasteiger partial charge in [-0.2, -0.15) is 0 Å². The van der Waals surface area contributed by atoms with E-state index in [0.717, 1.165) is 6.42 Å². The van der Waals surface area contributed by atoms with Crippen molar-refractivity contribution >= 4 is 0 Å². The monoisotopic (exact) mass is 168 g/mol. The first-order valence-corrected chi connectivity index (χ1v) is 4.98. The smallest absolute Gasteiger partial charge is 0.0559 e. The summed E-state index contributed by atoms with van der Waals surface area (Å²) in [4.78, 5) is 0. The molecule has 0 aromatic carbocycles. The molecule has 70 valence electrons. The van der Waals surface area contributed by atoms with Crippen molar-refractivity contribution in [1.82, 2.24) is 0 Å². The maximum absolute atomic E-state index is 5.55. The Balaban J connectivity index is 2.36. The highest BCUT2D eigenvalue weighted by Gasteiger charge is 2.03. The summed E-state index contributed by atoms with van der Waals surface area (Å²) in [5.74, 6) is 0. The summed E-state index contributed by atoms with van der Waals surface area (Å²) in [6.07, 6.45) is 10.9. The molecular weight excluding hydrogens is 148 g/mol. The van der Waals surface area contributed by atoms with Gasteiger partial charge in [-0.15, -0.1) is 0 Å². The van der Waals surface area contributed by atoms with Crippen LogP contribution >= 0.6 is 0 Å². The number of allylic oxidation sites excluding steroid dienone is 1. The maximum atomic E-state index is 5.55. The number of nitrogens with two attached hydrogens (primary N) is 2. The molecule has 0 unspecified atom stereocenters. The molecule has 0 atom stereocenters. The van der Waals surface area contributed by atoms with Crippen LogP contribution in [0.25, 0.3) is 0 Å². The minimum atomic E-state index is -0.157. The molecule has 0 saturated heterocycles. The molecule has 0 aliphatic heterocycles. The minimum absolute atomic E-state index is 0.157. The average molecular weight is 168 g/mol. The first kappa shape index (κ1) is 9.75. The molecular formula is C10H20N2. The molecule has 2 nitrogen and oxygen atoms in total. The van der Waals surface area contributed by atoms with Gasteiger partial charge in [-0.3, -0.25) is 0 Å². The van der Waals surface area contributed by atoms with Crippen LogP contribution < -0.4 is 11.5 Å². The molecule has 0 heterocycles. The van der Waals surface area contributed by atoms with E-state index in [4.69, 9.17) is 11.5 Å². The van der Waals surface area contributed by atoms with E-state index >= 15 is 0 Å². The topological polar surface area (TPSA) is 52.0 Å². The molecule has 4 N–H and O–H groups in total. The van der Waals surface area contributed by atoms with Gasteiger partial charge in [0.2, 0.25) is 0 Å². The van der Waals surface area contributed by atoms with Gasteiger partial charge in [0.25, 0.3) is 0 Å². The van der Waals surface area contributed by atoms with E-state index in [2.05, 4.69) is 6.08 Å². The molecule has 1 aliphatic rings. The zero-order valence-electron chi connectivity index (χ0n) is 7.76. The Hall–Kier alpha value is -0.340. The average Bonchev–Trinajstić information content (AvgIpc) is 1.93. The molecule has 1 aliphatic carbocycles. The van der Waals surface area contributed by atoms with E-state index in [1.54, 1.807) is 0 Å². The normalized spacial score (nSPS) is 20.1. The van der Waals surface area contributed by atoms with Crippen molar-refractivity contribution in [2.75, 3.05) is 0 Å². The van der Waals surface area contributed by atoms with Crippen molar-refractivity contribution in [2.45, 2.75) is 51.1 Å². The van der Waals surface area contributed by atoms with Crippen molar-refractivity contribution in [3.05, 3.63) is 11.6 Å². The number of hydrogen-bond acceptors (Lipinski definition) is 2. The van der Waals surface area contributed by atoms with Crippen LogP contribution in [0.15, 0.2) is 11.6 Å². The third kappa shape index (κ3) is 3.88. The summed E-state index contributed by atoms with van der Waals surface area (Å²) in [6.45, 7) is 0. The molecule has 0 aromatic heterocycles. The van der Waals surface area contributed by atoms with E-state index in [1.807, 2.05) is 0 Å². The van der Waals surface area contributed by atoms with Crippen LogP contribution in [0.4, 0.5) is 0 Å². The second-order valence-corrected chi connectivity index (χ2v) is 3.68. The lowest BCUT2D eigenvalue weighted by molar-refractivity contribution is 0.593. The Morgan fingerprint density at radius 1 is 1.17 bits per heavy atom. The lowest BCUT2D eigenvalue weighted by atomic mass is 9.97. The predicted molar refractivity (Wildman–Crippen MR) is 52.6 cm³/mol. The molecule has 0 saturated carbocycles. The Morgan fingerprint density at radius 3 is 2.67 bits per heavy atom. The zero-order valence-corrected chi connectivity index (χ0v) is 7.76. The molecule has 12 heavy (non-hydrogen) atoms. The van der Waals surface area contributed by atoms with Crippen molar-refractivity contribution in [3.8, 4) is 0 Å². The van der Waals surface area contributed by atoms with Gasteiger partial charge >= 0.3 is 0 Å². The van der Waals surface area contributed by atoms with Crippen LogP contribution in [0, 0.1) is 0 Å². The van der Waals surface area contributed by atoms with E-state index in [1.165, 1.54) is 44.1 Å². The Kier molecular flexibility index (Phi) is 4.33. The fourth-order valence-corrected chi connectivity index (χ4v) is 1.75. The Bertz CT molecular complexity index is 150. The third-order valence-electron chi connectivity index (χ3n) is 2.38. The predicted octanol–water partition coefficient (Wildman–Crippen LogP) is 1.90. The highest BCUT2D eigenvalue weighted by molar-refractivity contribution is 5.04. The summed E-state index contributed by atoms with van der Waals surface area (Å²) in [5, 5.41) is 0. The summed E-state index contributed by atoms with van der Waals surface area (Å²) >= 11 is 0. The summed E-state index contributed by atoms with van der Waals surface area (Å²) in [5.41, 5.74) is 12.6. The Labute approximate surface area is 75.0 Å². The zero-order chi connectivity index (χ0) is 8.81. The minimum Gasteiger partial charge on any atom is -0.316 e. The van der Waals surface area contributed by atoms with Crippen molar-refractivity contribution in [3.63, 3.8) is 0 Å². The second kappa shape index (κ2) is 5.33. The van der Waals surface area contributed by atoms with Gasteiger partial charge in [0.15, 0.2) is 0 Å². The van der Waals surface area contributed by atoms with Crippen LogP contribution in [0.1, 0.15) is 44.9 Å². The van der Waals surface area contributed by atoms with E-state index in [0.29, 0.717) is 0 Å². The van der Waals surface area contributed by atoms with Crippen LogP contribution in [0.3, 0.4) is 0 Å². The molecule has 0 fully saturated rings. The quantitative estimate of drug-likeness (QED) is 0.489. The van der Waals surface area contributed by atoms with Crippen molar-refractivity contribution in [1.29, 1.82) is 0 Å². The highest BCUT2D eigenvalue weighted by atomic mass is 14.8. The molecule has 0 spiro atoms. The van der Waals surface area contributed by atoms with Crippen LogP contribution in [0.5, 0.6) is 0 Å². The van der Waals surface area contributed by atoms with Crippen LogP contribution in [0.2, 0.25) is 0 Å². The van der Waals surface area contributed by atoms with Gasteiger partial charge in [0, 0.05) is 0 Å². The lowest BCUT2D eigenvalue weighted by Crippen LogP contribution is -2.30. The van der Waals surface area contributed by atoms with Crippen molar-refractivity contribution in [2.24, 2.45) is 11.5 Å². The standard InChI is InChI=1S/C10H20N2/c11-10(12)8-9-6-4-2-1-3-5-7-9/h6,10H,1-5,7-8,11-12H2. The fraction of sp³-hybridized carbons (Fsp3) is 0.800. The van der Waals surface area contributed by atoms with Gasteiger partial charge in [0.1, 0.15) is 0 Å². The second-order valence-electron chi connectivity index (χ2n) is 3.68. The van der Waals surface area contributed by atoms with E-state index in [-0.39, 0.29) is 6.17 Å². The first-order valence-electron chi connectivity index (χ1n) is 4.98. The van der Waals surface area contributed by atoms with Gasteiger partial charge in [-0.1, -0.05) is 24.5 Å². The summed E-state index contributed by atoms with van der Waals surface area (Å²) < 4.78 is 0. The lowest BCUT2D eigenvalue weighted by Gasteiger charge is -2.12.